The second-order valence-corrected chi connectivity index (χ2v) is 9.48. The molecule has 0 aliphatic carbocycles. The van der Waals surface area contributed by atoms with Gasteiger partial charge in [-0.25, -0.2) is 0 Å². The number of aromatic nitrogens is 1. The van der Waals surface area contributed by atoms with Gasteiger partial charge in [0.2, 0.25) is 0 Å². The van der Waals surface area contributed by atoms with Crippen LogP contribution in [0.4, 0.5) is 0 Å². The highest BCUT2D eigenvalue weighted by Gasteiger charge is 2.28. The number of carbonyl (C=O) groups excluding carboxylic acids is 2. The number of rotatable bonds is 5. The molecule has 1 aliphatic heterocycles. The molecule has 33 heavy (non-hydrogen) atoms. The molecule has 0 bridgehead atoms. The molecule has 170 valence electrons. The lowest BCUT2D eigenvalue weighted by Gasteiger charge is -2.32. The van der Waals surface area contributed by atoms with E-state index in [1.807, 2.05) is 85.5 Å². The first kappa shape index (κ1) is 23.2. The summed E-state index contributed by atoms with van der Waals surface area (Å²) in [5.41, 5.74) is 4.11. The molecule has 2 amide bonds. The van der Waals surface area contributed by atoms with Crippen molar-refractivity contribution in [3.63, 3.8) is 0 Å². The van der Waals surface area contributed by atoms with Gasteiger partial charge in [0.15, 0.2) is 0 Å². The SMILES string of the molecule is Cc1ccc(C(=O)NC(C)c2ccccc2)c(C2CCN(C(=O)c3ccc(Br)cc3)CC2)n1. The van der Waals surface area contributed by atoms with Crippen LogP contribution in [0.25, 0.3) is 0 Å². The number of hydrogen-bond acceptors (Lipinski definition) is 3. The zero-order valence-corrected chi connectivity index (χ0v) is 20.5. The summed E-state index contributed by atoms with van der Waals surface area (Å²) in [6.07, 6.45) is 1.57. The highest BCUT2D eigenvalue weighted by molar-refractivity contribution is 9.10. The molecule has 0 saturated carbocycles. The van der Waals surface area contributed by atoms with E-state index in [1.165, 1.54) is 0 Å². The van der Waals surface area contributed by atoms with E-state index in [-0.39, 0.29) is 23.8 Å². The summed E-state index contributed by atoms with van der Waals surface area (Å²) >= 11 is 3.41. The van der Waals surface area contributed by atoms with Gasteiger partial charge >= 0.3 is 0 Å². The van der Waals surface area contributed by atoms with Crippen molar-refractivity contribution in [3.8, 4) is 0 Å². The van der Waals surface area contributed by atoms with E-state index in [9.17, 15) is 9.59 Å². The smallest absolute Gasteiger partial charge is 0.253 e. The van der Waals surface area contributed by atoms with Crippen LogP contribution in [-0.2, 0) is 0 Å². The van der Waals surface area contributed by atoms with Crippen LogP contribution < -0.4 is 5.32 Å². The second kappa shape index (κ2) is 10.3. The summed E-state index contributed by atoms with van der Waals surface area (Å²) in [6, 6.07) is 21.1. The summed E-state index contributed by atoms with van der Waals surface area (Å²) in [5.74, 6) is 0.0849. The summed E-state index contributed by atoms with van der Waals surface area (Å²) in [5, 5.41) is 3.12. The van der Waals surface area contributed by atoms with Crippen LogP contribution in [0.5, 0.6) is 0 Å². The monoisotopic (exact) mass is 505 g/mol. The number of amides is 2. The van der Waals surface area contributed by atoms with Gasteiger partial charge in [0.1, 0.15) is 0 Å². The van der Waals surface area contributed by atoms with Gasteiger partial charge in [-0.05, 0) is 68.7 Å². The number of nitrogens with zero attached hydrogens (tertiary/aromatic N) is 2. The highest BCUT2D eigenvalue weighted by atomic mass is 79.9. The highest BCUT2D eigenvalue weighted by Crippen LogP contribution is 2.30. The lowest BCUT2D eigenvalue weighted by Crippen LogP contribution is -2.38. The first-order chi connectivity index (χ1) is 15.9. The Kier molecular flexibility index (Phi) is 7.23. The maximum absolute atomic E-state index is 13.2. The Hall–Kier alpha value is -2.99. The van der Waals surface area contributed by atoms with Gasteiger partial charge in [-0.2, -0.15) is 0 Å². The van der Waals surface area contributed by atoms with Crippen LogP contribution in [0.1, 0.15) is 69.4 Å². The molecule has 6 heteroatoms. The first-order valence-corrected chi connectivity index (χ1v) is 12.1. The minimum absolute atomic E-state index is 0.0489. The van der Waals surface area contributed by atoms with Crippen LogP contribution >= 0.6 is 15.9 Å². The molecule has 1 saturated heterocycles. The van der Waals surface area contributed by atoms with Gasteiger partial charge in [0.05, 0.1) is 17.3 Å². The predicted octanol–water partition coefficient (Wildman–Crippen LogP) is 5.66. The number of benzene rings is 2. The number of pyridine rings is 1. The zero-order valence-electron chi connectivity index (χ0n) is 18.9. The van der Waals surface area contributed by atoms with E-state index in [0.29, 0.717) is 24.2 Å². The largest absolute Gasteiger partial charge is 0.345 e. The molecule has 1 aromatic heterocycles. The lowest BCUT2D eigenvalue weighted by molar-refractivity contribution is 0.0710. The molecule has 2 heterocycles. The van der Waals surface area contributed by atoms with Crippen molar-refractivity contribution in [3.05, 3.63) is 99.3 Å². The maximum atomic E-state index is 13.2. The van der Waals surface area contributed by atoms with Crippen molar-refractivity contribution in [1.29, 1.82) is 0 Å². The van der Waals surface area contributed by atoms with Crippen LogP contribution in [0.3, 0.4) is 0 Å². The number of hydrogen-bond donors (Lipinski definition) is 1. The second-order valence-electron chi connectivity index (χ2n) is 8.56. The average Bonchev–Trinajstić information content (AvgIpc) is 2.84. The quantitative estimate of drug-likeness (QED) is 0.486. The molecule has 1 atom stereocenters. The van der Waals surface area contributed by atoms with Crippen molar-refractivity contribution in [1.82, 2.24) is 15.2 Å². The molecule has 0 spiro atoms. The van der Waals surface area contributed by atoms with E-state index in [1.54, 1.807) is 0 Å². The topological polar surface area (TPSA) is 62.3 Å². The summed E-state index contributed by atoms with van der Waals surface area (Å²) < 4.78 is 0.954. The Morgan fingerprint density at radius 2 is 1.67 bits per heavy atom. The minimum Gasteiger partial charge on any atom is -0.345 e. The van der Waals surface area contributed by atoms with Gasteiger partial charge in [-0.3, -0.25) is 14.6 Å². The number of piperidine rings is 1. The molecule has 5 nitrogen and oxygen atoms in total. The van der Waals surface area contributed by atoms with Crippen LogP contribution in [0.2, 0.25) is 0 Å². The Labute approximate surface area is 203 Å². The molecule has 0 radical (unpaired) electrons. The van der Waals surface area contributed by atoms with E-state index >= 15 is 0 Å². The fraction of sp³-hybridized carbons (Fsp3) is 0.296. The molecule has 4 rings (SSSR count). The number of likely N-dealkylation sites (tertiary alicyclic amines) is 1. The summed E-state index contributed by atoms with van der Waals surface area (Å²) in [7, 11) is 0. The molecule has 2 aromatic carbocycles. The normalized spacial score (nSPS) is 15.2. The van der Waals surface area contributed by atoms with Gasteiger partial charge in [0.25, 0.3) is 11.8 Å². The molecule has 1 unspecified atom stereocenters. The zero-order chi connectivity index (χ0) is 23.4. The number of nitrogens with one attached hydrogen (secondary N) is 1. The number of aryl methyl sites for hydroxylation is 1. The maximum Gasteiger partial charge on any atom is 0.253 e. The van der Waals surface area contributed by atoms with E-state index in [4.69, 9.17) is 4.98 Å². The Balaban J connectivity index is 1.46. The third kappa shape index (κ3) is 5.50. The third-order valence-electron chi connectivity index (χ3n) is 6.22. The van der Waals surface area contributed by atoms with E-state index in [2.05, 4.69) is 21.2 Å². The number of halogens is 1. The lowest BCUT2D eigenvalue weighted by atomic mass is 9.89. The average molecular weight is 506 g/mol. The van der Waals surface area contributed by atoms with Gasteiger partial charge in [-0.1, -0.05) is 46.3 Å². The van der Waals surface area contributed by atoms with Crippen molar-refractivity contribution < 1.29 is 9.59 Å². The van der Waals surface area contributed by atoms with Crippen molar-refractivity contribution in [2.45, 2.75) is 38.6 Å². The van der Waals surface area contributed by atoms with Crippen molar-refractivity contribution >= 4 is 27.7 Å². The van der Waals surface area contributed by atoms with Gasteiger partial charge in [-0.15, -0.1) is 0 Å². The van der Waals surface area contributed by atoms with Crippen LogP contribution in [0, 0.1) is 6.92 Å². The molecule has 1 aliphatic rings. The minimum atomic E-state index is -0.109. The number of carbonyl (C=O) groups is 2. The Morgan fingerprint density at radius 1 is 1.00 bits per heavy atom. The third-order valence-corrected chi connectivity index (χ3v) is 6.74. The Bertz CT molecular complexity index is 1120. The van der Waals surface area contributed by atoms with E-state index in [0.717, 1.165) is 34.3 Å². The molecule has 1 fully saturated rings. The van der Waals surface area contributed by atoms with Crippen molar-refractivity contribution in [2.24, 2.45) is 0 Å². The molecule has 3 aromatic rings. The summed E-state index contributed by atoms with van der Waals surface area (Å²) in [6.45, 7) is 5.23. The van der Waals surface area contributed by atoms with E-state index < -0.39 is 0 Å². The van der Waals surface area contributed by atoms with Gasteiger partial charge in [0, 0.05) is 34.7 Å². The molecule has 1 N–H and O–H groups in total. The first-order valence-electron chi connectivity index (χ1n) is 11.3. The standard InChI is InChI=1S/C27H28BrN3O2/c1-18-8-13-24(26(32)30-19(2)20-6-4-3-5-7-20)25(29-18)21-14-16-31(17-15-21)27(33)22-9-11-23(28)12-10-22/h3-13,19,21H,14-17H2,1-2H3,(H,30,32). The van der Waals surface area contributed by atoms with Gasteiger partial charge < -0.3 is 10.2 Å². The fourth-order valence-corrected chi connectivity index (χ4v) is 4.57. The summed E-state index contributed by atoms with van der Waals surface area (Å²) in [4.78, 5) is 32.7. The van der Waals surface area contributed by atoms with Crippen LogP contribution in [-0.4, -0.2) is 34.8 Å². The predicted molar refractivity (Wildman–Crippen MR) is 133 cm³/mol. The Morgan fingerprint density at radius 3 is 2.33 bits per heavy atom. The molecular weight excluding hydrogens is 478 g/mol. The fourth-order valence-electron chi connectivity index (χ4n) is 4.31. The van der Waals surface area contributed by atoms with Crippen LogP contribution in [0.15, 0.2) is 71.2 Å². The van der Waals surface area contributed by atoms with Crippen molar-refractivity contribution in [2.75, 3.05) is 13.1 Å². The molecular formula is C27H28BrN3O2.